The summed E-state index contributed by atoms with van der Waals surface area (Å²) in [5.41, 5.74) is 1.70. The van der Waals surface area contributed by atoms with Crippen molar-refractivity contribution in [3.63, 3.8) is 0 Å². The SMILES string of the molecule is Cc1ccccc1OC1CN(C(=O)[C@@H]2CC(=O)N(c3cccc(O)c3)C2)C1. The lowest BCUT2D eigenvalue weighted by Gasteiger charge is -2.40. The number of aromatic hydroxyl groups is 1. The molecule has 0 bridgehead atoms. The molecular weight excluding hydrogens is 344 g/mol. The van der Waals surface area contributed by atoms with Crippen LogP contribution in [0.25, 0.3) is 0 Å². The molecule has 1 atom stereocenters. The van der Waals surface area contributed by atoms with Gasteiger partial charge >= 0.3 is 0 Å². The summed E-state index contributed by atoms with van der Waals surface area (Å²) in [6.07, 6.45) is 0.197. The van der Waals surface area contributed by atoms with Crippen molar-refractivity contribution in [2.75, 3.05) is 24.5 Å². The number of hydrogen-bond donors (Lipinski definition) is 1. The molecule has 2 aromatic rings. The smallest absolute Gasteiger partial charge is 0.228 e. The van der Waals surface area contributed by atoms with Gasteiger partial charge in [-0.05, 0) is 30.7 Å². The molecule has 6 heteroatoms. The molecule has 0 aromatic heterocycles. The van der Waals surface area contributed by atoms with Gasteiger partial charge in [0.2, 0.25) is 11.8 Å². The Hall–Kier alpha value is -3.02. The third kappa shape index (κ3) is 3.47. The van der Waals surface area contributed by atoms with Crippen molar-refractivity contribution >= 4 is 17.5 Å². The lowest BCUT2D eigenvalue weighted by atomic mass is 10.0. The molecule has 0 saturated carbocycles. The van der Waals surface area contributed by atoms with E-state index in [1.54, 1.807) is 34.1 Å². The van der Waals surface area contributed by atoms with Crippen LogP contribution < -0.4 is 9.64 Å². The zero-order valence-electron chi connectivity index (χ0n) is 15.2. The second-order valence-electron chi connectivity index (χ2n) is 7.17. The van der Waals surface area contributed by atoms with E-state index in [1.807, 2.05) is 31.2 Å². The average Bonchev–Trinajstić information content (AvgIpc) is 3.00. The molecular formula is C21H22N2O4. The summed E-state index contributed by atoms with van der Waals surface area (Å²) in [6.45, 7) is 3.44. The Morgan fingerprint density at radius 2 is 1.89 bits per heavy atom. The number of aryl methyl sites for hydroxylation is 1. The Kier molecular flexibility index (Phi) is 4.48. The van der Waals surface area contributed by atoms with E-state index in [2.05, 4.69) is 0 Å². The molecule has 0 radical (unpaired) electrons. The standard InChI is InChI=1S/C21H22N2O4/c1-14-5-2-3-8-19(14)27-18-12-22(13-18)21(26)15-9-20(25)23(11-15)16-6-4-7-17(24)10-16/h2-8,10,15,18,24H,9,11-13H2,1H3/t15-/m1/s1. The van der Waals surface area contributed by atoms with E-state index in [0.717, 1.165) is 11.3 Å². The minimum absolute atomic E-state index is 0.00404. The van der Waals surface area contributed by atoms with Crippen molar-refractivity contribution in [3.8, 4) is 11.5 Å². The van der Waals surface area contributed by atoms with E-state index >= 15 is 0 Å². The lowest BCUT2D eigenvalue weighted by Crippen LogP contribution is -2.57. The minimum atomic E-state index is -0.348. The molecule has 2 saturated heterocycles. The average molecular weight is 366 g/mol. The van der Waals surface area contributed by atoms with Crippen LogP contribution in [0.15, 0.2) is 48.5 Å². The fourth-order valence-corrected chi connectivity index (χ4v) is 3.60. The normalized spacial score (nSPS) is 19.9. The maximum absolute atomic E-state index is 12.7. The highest BCUT2D eigenvalue weighted by atomic mass is 16.5. The summed E-state index contributed by atoms with van der Waals surface area (Å²) in [5.74, 6) is 0.511. The molecule has 6 nitrogen and oxygen atoms in total. The molecule has 2 aromatic carbocycles. The highest BCUT2D eigenvalue weighted by Gasteiger charge is 2.41. The van der Waals surface area contributed by atoms with Gasteiger partial charge in [-0.1, -0.05) is 24.3 Å². The first-order valence-corrected chi connectivity index (χ1v) is 9.12. The minimum Gasteiger partial charge on any atom is -0.508 e. The summed E-state index contributed by atoms with van der Waals surface area (Å²) < 4.78 is 5.95. The third-order valence-corrected chi connectivity index (χ3v) is 5.16. The van der Waals surface area contributed by atoms with Gasteiger partial charge in [0.15, 0.2) is 0 Å². The Balaban J connectivity index is 1.34. The number of phenolic OH excluding ortho intramolecular Hbond substituents is 1. The summed E-state index contributed by atoms with van der Waals surface area (Å²) in [7, 11) is 0. The molecule has 2 heterocycles. The predicted octanol–water partition coefficient (Wildman–Crippen LogP) is 2.34. The number of ether oxygens (including phenoxy) is 1. The molecule has 0 aliphatic carbocycles. The second-order valence-corrected chi connectivity index (χ2v) is 7.17. The number of nitrogens with zero attached hydrogens (tertiary/aromatic N) is 2. The Bertz CT molecular complexity index is 876. The summed E-state index contributed by atoms with van der Waals surface area (Å²) in [5, 5.41) is 9.61. The number of phenols is 1. The van der Waals surface area contributed by atoms with Crippen molar-refractivity contribution in [2.45, 2.75) is 19.4 Å². The van der Waals surface area contributed by atoms with Crippen LogP contribution in [0.1, 0.15) is 12.0 Å². The van der Waals surface area contributed by atoms with E-state index in [9.17, 15) is 14.7 Å². The number of carbonyl (C=O) groups excluding carboxylic acids is 2. The maximum Gasteiger partial charge on any atom is 0.228 e. The number of likely N-dealkylation sites (tertiary alicyclic amines) is 1. The number of benzene rings is 2. The van der Waals surface area contributed by atoms with Crippen LogP contribution >= 0.6 is 0 Å². The van der Waals surface area contributed by atoms with Gasteiger partial charge in [0, 0.05) is 24.7 Å². The van der Waals surface area contributed by atoms with Crippen molar-refractivity contribution in [1.82, 2.24) is 4.90 Å². The molecule has 140 valence electrons. The topological polar surface area (TPSA) is 70.1 Å². The fourth-order valence-electron chi connectivity index (χ4n) is 3.60. The Morgan fingerprint density at radius 1 is 1.11 bits per heavy atom. The Labute approximate surface area is 158 Å². The molecule has 2 fully saturated rings. The van der Waals surface area contributed by atoms with Crippen LogP contribution in [0.2, 0.25) is 0 Å². The van der Waals surface area contributed by atoms with Crippen LogP contribution in [0.3, 0.4) is 0 Å². The van der Waals surface area contributed by atoms with Gasteiger partial charge in [-0.2, -0.15) is 0 Å². The van der Waals surface area contributed by atoms with Crippen molar-refractivity contribution in [3.05, 3.63) is 54.1 Å². The summed E-state index contributed by atoms with van der Waals surface area (Å²) in [4.78, 5) is 28.4. The molecule has 27 heavy (non-hydrogen) atoms. The first-order valence-electron chi connectivity index (χ1n) is 9.12. The van der Waals surface area contributed by atoms with Gasteiger partial charge in [0.1, 0.15) is 17.6 Å². The fraction of sp³-hybridized carbons (Fsp3) is 0.333. The molecule has 4 rings (SSSR count). The van der Waals surface area contributed by atoms with Crippen LogP contribution in [0.4, 0.5) is 5.69 Å². The highest BCUT2D eigenvalue weighted by Crippen LogP contribution is 2.30. The van der Waals surface area contributed by atoms with E-state index < -0.39 is 0 Å². The number of anilines is 1. The Morgan fingerprint density at radius 3 is 2.63 bits per heavy atom. The van der Waals surface area contributed by atoms with Crippen LogP contribution in [-0.2, 0) is 9.59 Å². The highest BCUT2D eigenvalue weighted by molar-refractivity contribution is 6.00. The monoisotopic (exact) mass is 366 g/mol. The van der Waals surface area contributed by atoms with E-state index in [0.29, 0.717) is 25.3 Å². The van der Waals surface area contributed by atoms with Crippen molar-refractivity contribution in [2.24, 2.45) is 5.92 Å². The van der Waals surface area contributed by atoms with Gasteiger partial charge in [-0.3, -0.25) is 9.59 Å². The largest absolute Gasteiger partial charge is 0.508 e. The van der Waals surface area contributed by atoms with Crippen LogP contribution in [-0.4, -0.2) is 47.6 Å². The first kappa shape index (κ1) is 17.4. The second kappa shape index (κ2) is 6.95. The van der Waals surface area contributed by atoms with Crippen LogP contribution in [0.5, 0.6) is 11.5 Å². The molecule has 0 unspecified atom stereocenters. The first-order chi connectivity index (χ1) is 13.0. The number of carbonyl (C=O) groups is 2. The van der Waals surface area contributed by atoms with Gasteiger partial charge in [0.25, 0.3) is 0 Å². The molecule has 2 aliphatic rings. The van der Waals surface area contributed by atoms with Crippen molar-refractivity contribution < 1.29 is 19.4 Å². The molecule has 1 N–H and O–H groups in total. The van der Waals surface area contributed by atoms with E-state index in [1.165, 1.54) is 0 Å². The zero-order chi connectivity index (χ0) is 19.0. The molecule has 0 spiro atoms. The number of amides is 2. The quantitative estimate of drug-likeness (QED) is 0.902. The van der Waals surface area contributed by atoms with E-state index in [4.69, 9.17) is 4.74 Å². The van der Waals surface area contributed by atoms with Gasteiger partial charge < -0.3 is 19.6 Å². The van der Waals surface area contributed by atoms with Gasteiger partial charge in [-0.15, -0.1) is 0 Å². The number of para-hydroxylation sites is 1. The zero-order valence-corrected chi connectivity index (χ0v) is 15.2. The lowest BCUT2D eigenvalue weighted by molar-refractivity contribution is -0.144. The number of rotatable bonds is 4. The predicted molar refractivity (Wildman–Crippen MR) is 101 cm³/mol. The van der Waals surface area contributed by atoms with Gasteiger partial charge in [0.05, 0.1) is 19.0 Å². The third-order valence-electron chi connectivity index (χ3n) is 5.16. The summed E-state index contributed by atoms with van der Waals surface area (Å²) in [6, 6.07) is 14.4. The summed E-state index contributed by atoms with van der Waals surface area (Å²) >= 11 is 0. The van der Waals surface area contributed by atoms with Crippen LogP contribution in [0, 0.1) is 12.8 Å². The van der Waals surface area contributed by atoms with E-state index in [-0.39, 0.29) is 36.0 Å². The number of hydrogen-bond acceptors (Lipinski definition) is 4. The molecule has 2 amide bonds. The maximum atomic E-state index is 12.7. The van der Waals surface area contributed by atoms with Crippen molar-refractivity contribution in [1.29, 1.82) is 0 Å². The van der Waals surface area contributed by atoms with Gasteiger partial charge in [-0.25, -0.2) is 0 Å². The molecule has 2 aliphatic heterocycles.